The minimum Gasteiger partial charge on any atom is -0.462 e. The number of hydrogen-bond acceptors (Lipinski definition) is 5. The minimum absolute atomic E-state index is 0.0755. The van der Waals surface area contributed by atoms with Crippen LogP contribution < -0.4 is 0 Å². The van der Waals surface area contributed by atoms with E-state index in [0.29, 0.717) is 0 Å². The van der Waals surface area contributed by atoms with Gasteiger partial charge in [0.15, 0.2) is 0 Å². The van der Waals surface area contributed by atoms with Crippen molar-refractivity contribution in [3.05, 3.63) is 31.4 Å². The van der Waals surface area contributed by atoms with Gasteiger partial charge >= 0.3 is 11.9 Å². The van der Waals surface area contributed by atoms with Crippen molar-refractivity contribution in [1.29, 1.82) is 0 Å². The number of rotatable bonds is 8. The van der Waals surface area contributed by atoms with Gasteiger partial charge in [0, 0.05) is 25.0 Å². The van der Waals surface area contributed by atoms with Gasteiger partial charge in [0.25, 0.3) is 0 Å². The van der Waals surface area contributed by atoms with Gasteiger partial charge in [-0.3, -0.25) is 0 Å². The Morgan fingerprint density at radius 3 is 1.69 bits per heavy atom. The summed E-state index contributed by atoms with van der Waals surface area (Å²) in [4.78, 5) is 21.2. The first kappa shape index (κ1) is 14.4. The van der Waals surface area contributed by atoms with Crippen molar-refractivity contribution in [2.45, 2.75) is 12.8 Å². The second-order valence-corrected chi connectivity index (χ2v) is 2.81. The molecule has 5 nitrogen and oxygen atoms in total. The molecule has 0 amide bonds. The second-order valence-electron chi connectivity index (χ2n) is 2.81. The van der Waals surface area contributed by atoms with Gasteiger partial charge in [0.05, 0.1) is 13.2 Å². The Kier molecular flexibility index (Phi) is 7.79. The second kappa shape index (κ2) is 8.67. The standard InChI is InChI=1S/C11H15O5/c1-3-10(13)15-7-5-9(12)6-8-16-11(14)4-2/h3-4,12H,1-2,5-8H2. The molecule has 0 aliphatic carbocycles. The van der Waals surface area contributed by atoms with Gasteiger partial charge in [-0.1, -0.05) is 13.2 Å². The molecule has 1 N–H and O–H groups in total. The summed E-state index contributed by atoms with van der Waals surface area (Å²) in [7, 11) is 0. The molecule has 0 aromatic heterocycles. The van der Waals surface area contributed by atoms with Gasteiger partial charge in [-0.2, -0.15) is 0 Å². The molecule has 0 fully saturated rings. The summed E-state index contributed by atoms with van der Waals surface area (Å²) in [5.74, 6) is -1.07. The van der Waals surface area contributed by atoms with E-state index in [-0.39, 0.29) is 32.2 Å². The van der Waals surface area contributed by atoms with Crippen molar-refractivity contribution in [2.24, 2.45) is 0 Å². The smallest absolute Gasteiger partial charge is 0.330 e. The van der Waals surface area contributed by atoms with E-state index in [1.54, 1.807) is 0 Å². The van der Waals surface area contributed by atoms with Crippen LogP contribution in [0.15, 0.2) is 25.3 Å². The summed E-state index contributed by atoms with van der Waals surface area (Å²) < 4.78 is 9.30. The van der Waals surface area contributed by atoms with Crippen LogP contribution in [0.3, 0.4) is 0 Å². The molecular weight excluding hydrogens is 212 g/mol. The Labute approximate surface area is 94.4 Å². The largest absolute Gasteiger partial charge is 0.462 e. The Hall–Kier alpha value is -1.62. The summed E-state index contributed by atoms with van der Waals surface area (Å²) in [5, 5.41) is 9.30. The van der Waals surface area contributed by atoms with Crippen LogP contribution in [0.25, 0.3) is 0 Å². The monoisotopic (exact) mass is 227 g/mol. The van der Waals surface area contributed by atoms with E-state index in [1.807, 2.05) is 0 Å². The highest BCUT2D eigenvalue weighted by Gasteiger charge is 2.07. The van der Waals surface area contributed by atoms with Gasteiger partial charge in [0.1, 0.15) is 6.10 Å². The number of aliphatic hydroxyl groups is 1. The molecule has 16 heavy (non-hydrogen) atoms. The van der Waals surface area contributed by atoms with Crippen LogP contribution in [-0.4, -0.2) is 30.3 Å². The Morgan fingerprint density at radius 1 is 1.00 bits per heavy atom. The highest BCUT2D eigenvalue weighted by atomic mass is 16.5. The van der Waals surface area contributed by atoms with E-state index >= 15 is 0 Å². The normalized spacial score (nSPS) is 9.62. The summed E-state index contributed by atoms with van der Waals surface area (Å²) in [5.41, 5.74) is 0. The topological polar surface area (TPSA) is 72.8 Å². The summed E-state index contributed by atoms with van der Waals surface area (Å²) in [6.45, 7) is 6.60. The molecule has 1 radical (unpaired) electrons. The number of aliphatic hydroxyl groups excluding tert-OH is 1. The molecule has 0 aliphatic rings. The molecule has 0 atom stereocenters. The fourth-order valence-electron chi connectivity index (χ4n) is 0.782. The SMILES string of the molecule is C=CC(=O)OCC[C](O)CCOC(=O)C=C. The number of carbonyl (C=O) groups is 2. The van der Waals surface area contributed by atoms with E-state index in [0.717, 1.165) is 12.2 Å². The molecule has 0 aromatic rings. The lowest BCUT2D eigenvalue weighted by Gasteiger charge is -2.08. The van der Waals surface area contributed by atoms with Crippen LogP contribution in [0, 0.1) is 6.10 Å². The molecule has 0 spiro atoms. The average Bonchev–Trinajstić information content (AvgIpc) is 2.28. The van der Waals surface area contributed by atoms with E-state index in [4.69, 9.17) is 0 Å². The Morgan fingerprint density at radius 2 is 1.38 bits per heavy atom. The van der Waals surface area contributed by atoms with Gasteiger partial charge in [-0.25, -0.2) is 9.59 Å². The molecule has 5 heteroatoms. The maximum atomic E-state index is 10.6. The predicted molar refractivity (Wildman–Crippen MR) is 56.7 cm³/mol. The number of hydrogen-bond donors (Lipinski definition) is 1. The van der Waals surface area contributed by atoms with E-state index in [9.17, 15) is 14.7 Å². The van der Waals surface area contributed by atoms with Crippen LogP contribution in [0.5, 0.6) is 0 Å². The quantitative estimate of drug-likeness (QED) is 0.497. The Bertz CT molecular complexity index is 233. The van der Waals surface area contributed by atoms with Gasteiger partial charge in [-0.05, 0) is 0 Å². The van der Waals surface area contributed by atoms with Crippen LogP contribution in [0.2, 0.25) is 0 Å². The third-order valence-corrected chi connectivity index (χ3v) is 1.60. The summed E-state index contributed by atoms with van der Waals surface area (Å²) in [6, 6.07) is 0. The molecule has 0 aliphatic heterocycles. The zero-order valence-corrected chi connectivity index (χ0v) is 8.98. The zero-order chi connectivity index (χ0) is 12.4. The lowest BCUT2D eigenvalue weighted by Crippen LogP contribution is -2.10. The summed E-state index contributed by atoms with van der Waals surface area (Å²) >= 11 is 0. The molecular formula is C11H15O5. The predicted octanol–water partition coefficient (Wildman–Crippen LogP) is 1.13. The highest BCUT2D eigenvalue weighted by molar-refractivity contribution is 5.81. The molecule has 0 rings (SSSR count). The van der Waals surface area contributed by atoms with Gasteiger partial charge in [-0.15, -0.1) is 0 Å². The lowest BCUT2D eigenvalue weighted by molar-refractivity contribution is -0.138. The molecule has 0 unspecified atom stereocenters. The maximum absolute atomic E-state index is 10.6. The third kappa shape index (κ3) is 7.75. The van der Waals surface area contributed by atoms with Crippen molar-refractivity contribution in [2.75, 3.05) is 13.2 Å². The first-order valence-corrected chi connectivity index (χ1v) is 4.72. The minimum atomic E-state index is -0.536. The van der Waals surface area contributed by atoms with Crippen LogP contribution in [0.1, 0.15) is 12.8 Å². The zero-order valence-electron chi connectivity index (χ0n) is 8.98. The fraction of sp³-hybridized carbons (Fsp3) is 0.364. The van der Waals surface area contributed by atoms with E-state index in [2.05, 4.69) is 22.6 Å². The number of esters is 2. The van der Waals surface area contributed by atoms with Crippen LogP contribution in [-0.2, 0) is 19.1 Å². The van der Waals surface area contributed by atoms with Crippen LogP contribution in [0.4, 0.5) is 0 Å². The van der Waals surface area contributed by atoms with Gasteiger partial charge in [0.2, 0.25) is 0 Å². The Balaban J connectivity index is 3.47. The molecule has 0 saturated carbocycles. The van der Waals surface area contributed by atoms with Crippen molar-refractivity contribution in [3.63, 3.8) is 0 Å². The highest BCUT2D eigenvalue weighted by Crippen LogP contribution is 2.07. The molecule has 0 saturated heterocycles. The van der Waals surface area contributed by atoms with Crippen molar-refractivity contribution in [1.82, 2.24) is 0 Å². The van der Waals surface area contributed by atoms with Crippen molar-refractivity contribution < 1.29 is 24.2 Å². The van der Waals surface area contributed by atoms with E-state index < -0.39 is 11.9 Å². The fourth-order valence-corrected chi connectivity index (χ4v) is 0.782. The third-order valence-electron chi connectivity index (χ3n) is 1.60. The molecule has 0 aromatic carbocycles. The molecule has 0 heterocycles. The van der Waals surface area contributed by atoms with E-state index in [1.165, 1.54) is 0 Å². The maximum Gasteiger partial charge on any atom is 0.330 e. The van der Waals surface area contributed by atoms with Gasteiger partial charge < -0.3 is 14.6 Å². The summed E-state index contributed by atoms with van der Waals surface area (Å²) in [6.07, 6.45) is 2.62. The van der Waals surface area contributed by atoms with Crippen molar-refractivity contribution >= 4 is 11.9 Å². The first-order valence-electron chi connectivity index (χ1n) is 4.72. The van der Waals surface area contributed by atoms with Crippen LogP contribution >= 0.6 is 0 Å². The molecule has 0 bridgehead atoms. The lowest BCUT2D eigenvalue weighted by atomic mass is 10.2. The average molecular weight is 227 g/mol. The number of carbonyl (C=O) groups excluding carboxylic acids is 2. The van der Waals surface area contributed by atoms with Crippen molar-refractivity contribution in [3.8, 4) is 0 Å². The first-order chi connectivity index (χ1) is 7.60. The molecule has 89 valence electrons. The number of ether oxygens (including phenoxy) is 2.